The van der Waals surface area contributed by atoms with Crippen LogP contribution >= 0.6 is 0 Å². The first-order valence-corrected chi connectivity index (χ1v) is 4.08. The molecular weight excluding hydrogens is 126 g/mol. The summed E-state index contributed by atoms with van der Waals surface area (Å²) in [5.41, 5.74) is 0. The Labute approximate surface area is 61.0 Å². The summed E-state index contributed by atoms with van der Waals surface area (Å²) in [5, 5.41) is 3.32. The van der Waals surface area contributed by atoms with Gasteiger partial charge in [-0.1, -0.05) is 0 Å². The Kier molecular flexibility index (Phi) is 1.49. The van der Waals surface area contributed by atoms with Crippen LogP contribution in [0, 0.1) is 11.8 Å². The summed E-state index contributed by atoms with van der Waals surface area (Å²) < 4.78 is 0. The standard InChI is InChI=1S/C8H13NO/c10-8-3-7(4-8)6-1-2-9-5-6/h6-7,9H,1-5H2. The quantitative estimate of drug-likeness (QED) is 0.575. The van der Waals surface area contributed by atoms with Crippen molar-refractivity contribution in [1.82, 2.24) is 5.32 Å². The average molecular weight is 139 g/mol. The summed E-state index contributed by atoms with van der Waals surface area (Å²) in [6.07, 6.45) is 3.02. The lowest BCUT2D eigenvalue weighted by molar-refractivity contribution is -0.128. The van der Waals surface area contributed by atoms with Crippen molar-refractivity contribution in [1.29, 1.82) is 0 Å². The average Bonchev–Trinajstić information content (AvgIpc) is 2.31. The Hall–Kier alpha value is -0.370. The monoisotopic (exact) mass is 139 g/mol. The van der Waals surface area contributed by atoms with Crippen LogP contribution in [0.15, 0.2) is 0 Å². The predicted molar refractivity (Wildman–Crippen MR) is 38.7 cm³/mol. The molecule has 0 aromatic rings. The molecule has 0 spiro atoms. The van der Waals surface area contributed by atoms with E-state index in [1.807, 2.05) is 0 Å². The molecule has 10 heavy (non-hydrogen) atoms. The van der Waals surface area contributed by atoms with E-state index in [9.17, 15) is 4.79 Å². The molecule has 0 aromatic carbocycles. The second kappa shape index (κ2) is 2.35. The molecule has 1 aliphatic heterocycles. The van der Waals surface area contributed by atoms with Gasteiger partial charge in [0.25, 0.3) is 0 Å². The minimum atomic E-state index is 0.469. The van der Waals surface area contributed by atoms with Crippen molar-refractivity contribution in [2.75, 3.05) is 13.1 Å². The Morgan fingerprint density at radius 3 is 2.60 bits per heavy atom. The molecule has 0 bridgehead atoms. The Bertz CT molecular complexity index is 141. The zero-order valence-electron chi connectivity index (χ0n) is 6.10. The van der Waals surface area contributed by atoms with Crippen molar-refractivity contribution in [3.05, 3.63) is 0 Å². The fraction of sp³-hybridized carbons (Fsp3) is 0.875. The van der Waals surface area contributed by atoms with Crippen molar-refractivity contribution in [2.24, 2.45) is 11.8 Å². The van der Waals surface area contributed by atoms with Crippen LogP contribution in [-0.4, -0.2) is 18.9 Å². The number of ketones is 1. The molecule has 2 fully saturated rings. The minimum Gasteiger partial charge on any atom is -0.316 e. The van der Waals surface area contributed by atoms with Gasteiger partial charge in [0.1, 0.15) is 5.78 Å². The molecule has 2 rings (SSSR count). The molecule has 1 aliphatic carbocycles. The van der Waals surface area contributed by atoms with Crippen molar-refractivity contribution in [2.45, 2.75) is 19.3 Å². The van der Waals surface area contributed by atoms with Crippen LogP contribution in [0.25, 0.3) is 0 Å². The first kappa shape index (κ1) is 6.35. The first-order chi connectivity index (χ1) is 4.86. The van der Waals surface area contributed by atoms with Crippen molar-refractivity contribution >= 4 is 5.78 Å². The molecule has 56 valence electrons. The normalized spacial score (nSPS) is 34.4. The maximum atomic E-state index is 10.6. The Balaban J connectivity index is 1.83. The molecule has 1 saturated heterocycles. The fourth-order valence-corrected chi connectivity index (χ4v) is 1.94. The molecule has 1 atom stereocenters. The van der Waals surface area contributed by atoms with Crippen LogP contribution in [0.4, 0.5) is 0 Å². The number of hydrogen-bond donors (Lipinski definition) is 1. The largest absolute Gasteiger partial charge is 0.316 e. The van der Waals surface area contributed by atoms with Crippen LogP contribution < -0.4 is 5.32 Å². The number of nitrogens with one attached hydrogen (secondary N) is 1. The summed E-state index contributed by atoms with van der Waals surface area (Å²) >= 11 is 0. The highest BCUT2D eigenvalue weighted by Gasteiger charge is 2.34. The van der Waals surface area contributed by atoms with Crippen LogP contribution in [0.1, 0.15) is 19.3 Å². The van der Waals surface area contributed by atoms with E-state index < -0.39 is 0 Å². The number of hydrogen-bond acceptors (Lipinski definition) is 2. The van der Waals surface area contributed by atoms with Gasteiger partial charge in [-0.2, -0.15) is 0 Å². The SMILES string of the molecule is O=C1CC(C2CCNC2)C1. The lowest BCUT2D eigenvalue weighted by Gasteiger charge is -2.29. The molecule has 1 unspecified atom stereocenters. The molecule has 1 N–H and O–H groups in total. The Morgan fingerprint density at radius 1 is 1.30 bits per heavy atom. The molecule has 1 heterocycles. The topological polar surface area (TPSA) is 29.1 Å². The van der Waals surface area contributed by atoms with Gasteiger partial charge in [0.05, 0.1) is 0 Å². The predicted octanol–water partition coefficient (Wildman–Crippen LogP) is 0.575. The zero-order chi connectivity index (χ0) is 6.97. The highest BCUT2D eigenvalue weighted by Crippen LogP contribution is 2.33. The second-order valence-electron chi connectivity index (χ2n) is 3.46. The van der Waals surface area contributed by atoms with Gasteiger partial charge in [0.2, 0.25) is 0 Å². The summed E-state index contributed by atoms with van der Waals surface area (Å²) in [6.45, 7) is 2.31. The van der Waals surface area contributed by atoms with E-state index >= 15 is 0 Å². The zero-order valence-corrected chi connectivity index (χ0v) is 6.10. The number of carbonyl (C=O) groups is 1. The molecular formula is C8H13NO. The van der Waals surface area contributed by atoms with Crippen LogP contribution in [0.5, 0.6) is 0 Å². The molecule has 0 radical (unpaired) electrons. The number of rotatable bonds is 1. The highest BCUT2D eigenvalue weighted by atomic mass is 16.1. The van der Waals surface area contributed by atoms with Gasteiger partial charge in [-0.05, 0) is 31.3 Å². The van der Waals surface area contributed by atoms with Gasteiger partial charge in [-0.3, -0.25) is 4.79 Å². The highest BCUT2D eigenvalue weighted by molar-refractivity contribution is 5.84. The lowest BCUT2D eigenvalue weighted by atomic mass is 9.74. The number of carbonyl (C=O) groups excluding carboxylic acids is 1. The van der Waals surface area contributed by atoms with Crippen molar-refractivity contribution in [3.63, 3.8) is 0 Å². The second-order valence-corrected chi connectivity index (χ2v) is 3.46. The third-order valence-corrected chi connectivity index (χ3v) is 2.74. The maximum Gasteiger partial charge on any atom is 0.133 e. The smallest absolute Gasteiger partial charge is 0.133 e. The van der Waals surface area contributed by atoms with E-state index in [1.165, 1.54) is 6.42 Å². The number of Topliss-reactive ketones (excluding diaryl/α,β-unsaturated/α-hetero) is 1. The van der Waals surface area contributed by atoms with E-state index in [0.29, 0.717) is 5.78 Å². The molecule has 0 aromatic heterocycles. The van der Waals surface area contributed by atoms with E-state index in [1.54, 1.807) is 0 Å². The van der Waals surface area contributed by atoms with E-state index in [4.69, 9.17) is 0 Å². The van der Waals surface area contributed by atoms with Crippen LogP contribution in [0.3, 0.4) is 0 Å². The fourth-order valence-electron chi connectivity index (χ4n) is 1.94. The van der Waals surface area contributed by atoms with Crippen molar-refractivity contribution in [3.8, 4) is 0 Å². The van der Waals surface area contributed by atoms with Crippen molar-refractivity contribution < 1.29 is 4.79 Å². The molecule has 0 amide bonds. The van der Waals surface area contributed by atoms with Crippen LogP contribution in [-0.2, 0) is 4.79 Å². The summed E-state index contributed by atoms with van der Waals surface area (Å²) in [7, 11) is 0. The molecule has 2 nitrogen and oxygen atoms in total. The molecule has 2 aliphatic rings. The summed E-state index contributed by atoms with van der Waals surface area (Å²) in [4.78, 5) is 10.6. The summed E-state index contributed by atoms with van der Waals surface area (Å²) in [6, 6.07) is 0. The lowest BCUT2D eigenvalue weighted by Crippen LogP contribution is -2.31. The van der Waals surface area contributed by atoms with Gasteiger partial charge in [0.15, 0.2) is 0 Å². The van der Waals surface area contributed by atoms with E-state index in [0.717, 1.165) is 37.8 Å². The van der Waals surface area contributed by atoms with E-state index in [-0.39, 0.29) is 0 Å². The maximum absolute atomic E-state index is 10.6. The van der Waals surface area contributed by atoms with Crippen LogP contribution in [0.2, 0.25) is 0 Å². The summed E-state index contributed by atoms with van der Waals surface area (Å²) in [5.74, 6) is 2.03. The molecule has 1 saturated carbocycles. The minimum absolute atomic E-state index is 0.469. The Morgan fingerprint density at radius 2 is 2.10 bits per heavy atom. The van der Waals surface area contributed by atoms with Gasteiger partial charge in [-0.15, -0.1) is 0 Å². The van der Waals surface area contributed by atoms with Gasteiger partial charge in [0, 0.05) is 12.8 Å². The van der Waals surface area contributed by atoms with Gasteiger partial charge >= 0.3 is 0 Å². The molecule has 2 heteroatoms. The van der Waals surface area contributed by atoms with E-state index in [2.05, 4.69) is 5.32 Å². The third kappa shape index (κ3) is 0.966. The van der Waals surface area contributed by atoms with Gasteiger partial charge in [-0.25, -0.2) is 0 Å². The third-order valence-electron chi connectivity index (χ3n) is 2.74. The first-order valence-electron chi connectivity index (χ1n) is 4.08. The van der Waals surface area contributed by atoms with Gasteiger partial charge < -0.3 is 5.32 Å².